The van der Waals surface area contributed by atoms with Crippen LogP contribution in [-0.4, -0.2) is 14.5 Å². The van der Waals surface area contributed by atoms with Crippen LogP contribution in [-0.2, 0) is 6.42 Å². The third-order valence-electron chi connectivity index (χ3n) is 11.0. The van der Waals surface area contributed by atoms with Gasteiger partial charge in [0.2, 0.25) is 0 Å². The summed E-state index contributed by atoms with van der Waals surface area (Å²) in [6, 6.07) is 67.6. The molecule has 8 aromatic carbocycles. The third kappa shape index (κ3) is 4.90. The van der Waals surface area contributed by atoms with E-state index in [-0.39, 0.29) is 0 Å². The molecular weight excluding hydrogens is 655 g/mol. The monoisotopic (exact) mass is 687 g/mol. The fourth-order valence-electron chi connectivity index (χ4n) is 8.45. The van der Waals surface area contributed by atoms with Crippen LogP contribution in [0.5, 0.6) is 0 Å². The second-order valence-electron chi connectivity index (χ2n) is 14.2. The summed E-state index contributed by atoms with van der Waals surface area (Å²) in [5.41, 5.74) is 15.8. The van der Waals surface area contributed by atoms with Gasteiger partial charge in [-0.1, -0.05) is 158 Å². The standard InChI is InChI=1S/C51H33N3/c1-4-13-34(14-5-1)37-24-25-39-32-40(27-26-38(39)31-37)51-52-49(36-17-8-3-9-18-36)44-29-33-23-28-42-47(30-33)54(45-21-11-10-19-43(45)50(44)53-51)46-22-12-20-41(48(42)46)35-15-6-2-7-16-35/h1-28,30-32H,29H2. The average molecular weight is 688 g/mol. The molecule has 10 aromatic rings. The lowest BCUT2D eigenvalue weighted by Gasteiger charge is -2.19. The lowest BCUT2D eigenvalue weighted by molar-refractivity contribution is 1.09. The molecule has 2 bridgehead atoms. The van der Waals surface area contributed by atoms with Gasteiger partial charge in [-0.2, -0.15) is 0 Å². The smallest absolute Gasteiger partial charge is 0.160 e. The summed E-state index contributed by atoms with van der Waals surface area (Å²) in [6.45, 7) is 0. The molecule has 252 valence electrons. The van der Waals surface area contributed by atoms with Gasteiger partial charge in [0.15, 0.2) is 5.82 Å². The predicted octanol–water partition coefficient (Wildman–Crippen LogP) is 13.0. The van der Waals surface area contributed by atoms with Crippen molar-refractivity contribution in [3.05, 3.63) is 199 Å². The van der Waals surface area contributed by atoms with E-state index in [1.165, 1.54) is 55.0 Å². The Morgan fingerprint density at radius 1 is 0.407 bits per heavy atom. The minimum atomic E-state index is 0.706. The van der Waals surface area contributed by atoms with E-state index < -0.39 is 0 Å². The molecule has 1 aliphatic heterocycles. The van der Waals surface area contributed by atoms with Gasteiger partial charge in [0.1, 0.15) is 0 Å². The molecule has 3 heteroatoms. The van der Waals surface area contributed by atoms with E-state index in [1.807, 2.05) is 0 Å². The van der Waals surface area contributed by atoms with Crippen LogP contribution in [0.15, 0.2) is 188 Å². The minimum absolute atomic E-state index is 0.706. The second kappa shape index (κ2) is 12.3. The molecule has 0 spiro atoms. The molecule has 0 radical (unpaired) electrons. The van der Waals surface area contributed by atoms with Gasteiger partial charge in [-0.15, -0.1) is 0 Å². The summed E-state index contributed by atoms with van der Waals surface area (Å²) < 4.78 is 2.45. The number of nitrogens with zero attached hydrogens (tertiary/aromatic N) is 3. The number of benzene rings is 8. The van der Waals surface area contributed by atoms with Gasteiger partial charge in [-0.25, -0.2) is 9.97 Å². The normalized spacial score (nSPS) is 12.0. The van der Waals surface area contributed by atoms with Crippen LogP contribution in [0.4, 0.5) is 0 Å². The lowest BCUT2D eigenvalue weighted by Crippen LogP contribution is -2.05. The molecule has 0 aliphatic carbocycles. The summed E-state index contributed by atoms with van der Waals surface area (Å²) in [5, 5.41) is 4.86. The second-order valence-corrected chi connectivity index (χ2v) is 14.2. The predicted molar refractivity (Wildman–Crippen MR) is 224 cm³/mol. The van der Waals surface area contributed by atoms with Gasteiger partial charge in [0.25, 0.3) is 0 Å². The topological polar surface area (TPSA) is 30.7 Å². The highest BCUT2D eigenvalue weighted by molar-refractivity contribution is 6.16. The van der Waals surface area contributed by atoms with Crippen LogP contribution in [0.2, 0.25) is 0 Å². The molecule has 0 saturated carbocycles. The summed E-state index contributed by atoms with van der Waals surface area (Å²) >= 11 is 0. The summed E-state index contributed by atoms with van der Waals surface area (Å²) in [5.74, 6) is 0.719. The zero-order valence-electron chi connectivity index (χ0n) is 29.4. The van der Waals surface area contributed by atoms with Crippen molar-refractivity contribution in [1.29, 1.82) is 0 Å². The highest BCUT2D eigenvalue weighted by Gasteiger charge is 2.25. The highest BCUT2D eigenvalue weighted by Crippen LogP contribution is 2.44. The molecule has 1 aliphatic rings. The van der Waals surface area contributed by atoms with Gasteiger partial charge in [0, 0.05) is 39.4 Å². The van der Waals surface area contributed by atoms with E-state index in [1.54, 1.807) is 0 Å². The van der Waals surface area contributed by atoms with Crippen LogP contribution in [0, 0.1) is 0 Å². The first-order valence-corrected chi connectivity index (χ1v) is 18.5. The van der Waals surface area contributed by atoms with E-state index >= 15 is 0 Å². The van der Waals surface area contributed by atoms with Crippen molar-refractivity contribution in [3.63, 3.8) is 0 Å². The van der Waals surface area contributed by atoms with E-state index in [0.717, 1.165) is 50.5 Å². The fourth-order valence-corrected chi connectivity index (χ4v) is 8.45. The van der Waals surface area contributed by atoms with Gasteiger partial charge < -0.3 is 4.57 Å². The Morgan fingerprint density at radius 2 is 1.04 bits per heavy atom. The molecule has 0 unspecified atom stereocenters. The van der Waals surface area contributed by atoms with Crippen molar-refractivity contribution in [3.8, 4) is 61.8 Å². The van der Waals surface area contributed by atoms with Gasteiger partial charge in [0.05, 0.1) is 28.1 Å². The van der Waals surface area contributed by atoms with Crippen molar-refractivity contribution in [2.24, 2.45) is 0 Å². The fraction of sp³-hybridized carbons (Fsp3) is 0.0196. The summed E-state index contributed by atoms with van der Waals surface area (Å²) in [6.07, 6.45) is 0.706. The number of hydrogen-bond donors (Lipinski definition) is 0. The van der Waals surface area contributed by atoms with Crippen molar-refractivity contribution < 1.29 is 0 Å². The maximum absolute atomic E-state index is 5.54. The quantitative estimate of drug-likeness (QED) is 0.184. The van der Waals surface area contributed by atoms with Crippen molar-refractivity contribution in [2.45, 2.75) is 6.42 Å². The van der Waals surface area contributed by atoms with Crippen LogP contribution < -0.4 is 0 Å². The van der Waals surface area contributed by atoms with Crippen LogP contribution in [0.1, 0.15) is 11.1 Å². The van der Waals surface area contributed by atoms with E-state index in [0.29, 0.717) is 6.42 Å². The van der Waals surface area contributed by atoms with Crippen molar-refractivity contribution >= 4 is 32.6 Å². The zero-order valence-corrected chi connectivity index (χ0v) is 29.4. The minimum Gasteiger partial charge on any atom is -0.309 e. The molecule has 3 nitrogen and oxygen atoms in total. The number of rotatable bonds is 4. The Bertz CT molecular complexity index is 3050. The first kappa shape index (κ1) is 30.5. The number of aromatic nitrogens is 3. The maximum atomic E-state index is 5.54. The number of para-hydroxylation sites is 1. The summed E-state index contributed by atoms with van der Waals surface area (Å²) in [4.78, 5) is 11.0. The Kier molecular flexibility index (Phi) is 6.93. The molecule has 0 saturated heterocycles. The van der Waals surface area contributed by atoms with Crippen LogP contribution in [0.3, 0.4) is 0 Å². The largest absolute Gasteiger partial charge is 0.309 e. The number of fused-ring (bicyclic) bond motifs is 9. The molecule has 2 aromatic heterocycles. The van der Waals surface area contributed by atoms with Crippen molar-refractivity contribution in [2.75, 3.05) is 0 Å². The van der Waals surface area contributed by atoms with E-state index in [4.69, 9.17) is 9.97 Å². The lowest BCUT2D eigenvalue weighted by atomic mass is 9.93. The first-order chi connectivity index (χ1) is 26.8. The Balaban J connectivity index is 1.16. The first-order valence-electron chi connectivity index (χ1n) is 18.5. The molecule has 54 heavy (non-hydrogen) atoms. The molecule has 0 amide bonds. The van der Waals surface area contributed by atoms with Crippen LogP contribution in [0.25, 0.3) is 94.4 Å². The SMILES string of the molecule is c1ccc(-c2ccc3cc(-c4nc(-c5ccccc5)c5c(n4)-c4ccccc4-n4c6cc(ccc6c6c(-c7ccccc7)cccc64)C5)ccc3c2)cc1. The molecule has 3 heterocycles. The number of hydrogen-bond acceptors (Lipinski definition) is 2. The molecule has 11 rings (SSSR count). The molecule has 0 atom stereocenters. The van der Waals surface area contributed by atoms with E-state index in [9.17, 15) is 0 Å². The maximum Gasteiger partial charge on any atom is 0.160 e. The molecular formula is C51H33N3. The molecule has 0 fully saturated rings. The third-order valence-corrected chi connectivity index (χ3v) is 11.0. The summed E-state index contributed by atoms with van der Waals surface area (Å²) in [7, 11) is 0. The Hall–Kier alpha value is -7.10. The average Bonchev–Trinajstić information content (AvgIpc) is 3.59. The van der Waals surface area contributed by atoms with Crippen molar-refractivity contribution in [1.82, 2.24) is 14.5 Å². The van der Waals surface area contributed by atoms with Crippen LogP contribution >= 0.6 is 0 Å². The molecule has 0 N–H and O–H groups in total. The zero-order chi connectivity index (χ0) is 35.6. The Labute approximate surface area is 313 Å². The van der Waals surface area contributed by atoms with E-state index in [2.05, 4.69) is 193 Å². The Morgan fingerprint density at radius 3 is 1.81 bits per heavy atom. The van der Waals surface area contributed by atoms with Gasteiger partial charge >= 0.3 is 0 Å². The van der Waals surface area contributed by atoms with Gasteiger partial charge in [-0.3, -0.25) is 0 Å². The van der Waals surface area contributed by atoms with Gasteiger partial charge in [-0.05, 0) is 68.9 Å². The highest BCUT2D eigenvalue weighted by atomic mass is 15.0.